The molecule has 1 amide bonds. The van der Waals surface area contributed by atoms with E-state index in [9.17, 15) is 18.0 Å². The van der Waals surface area contributed by atoms with Crippen molar-refractivity contribution in [2.75, 3.05) is 31.7 Å². The summed E-state index contributed by atoms with van der Waals surface area (Å²) in [4.78, 5) is 27.5. The van der Waals surface area contributed by atoms with Crippen LogP contribution in [0.3, 0.4) is 0 Å². The molecule has 2 aromatic carbocycles. The summed E-state index contributed by atoms with van der Waals surface area (Å²) in [5, 5.41) is -0.0261. The summed E-state index contributed by atoms with van der Waals surface area (Å²) in [6.45, 7) is 3.87. The summed E-state index contributed by atoms with van der Waals surface area (Å²) < 4.78 is 46.5. The average Bonchev–Trinajstić information content (AvgIpc) is 3.05. The molecule has 250 valence electrons. The van der Waals surface area contributed by atoms with Gasteiger partial charge in [-0.2, -0.15) is 0 Å². The first-order valence-corrected chi connectivity index (χ1v) is 18.3. The lowest BCUT2D eigenvalue weighted by atomic mass is 9.70. The predicted molar refractivity (Wildman–Crippen MR) is 179 cm³/mol. The standard InChI is InChI=1S/C35H45ClN2O7S/c1-3-29-9-4-5-10-32(44-19-17-34(39)43-2)30-15-12-26(30)22-38-18-7-6-8-24-20-28(36)14-11-27(24)23-45-33-16-13-25(21-31(33)38)35(40)37-46(29,41)42/h5,10-11,13-14,16,20-21,26,29-30,32H,3-4,6-9,12,15,17-19,22-23H2,1-2H3,(H,37,40)/b10-5+/t26-,29+,30+,32-/m0/s1. The van der Waals surface area contributed by atoms with Crippen LogP contribution in [-0.4, -0.2) is 58.5 Å². The van der Waals surface area contributed by atoms with Crippen molar-refractivity contribution in [2.24, 2.45) is 11.8 Å². The smallest absolute Gasteiger partial charge is 0.307 e. The van der Waals surface area contributed by atoms with Gasteiger partial charge in [-0.05, 0) is 105 Å². The molecule has 46 heavy (non-hydrogen) atoms. The molecule has 0 aromatic heterocycles. The number of nitrogens with one attached hydrogen (secondary N) is 1. The molecular formula is C35H45ClN2O7S. The zero-order valence-corrected chi connectivity index (χ0v) is 28.3. The molecular weight excluding hydrogens is 628 g/mol. The number of anilines is 1. The number of aryl methyl sites for hydroxylation is 1. The van der Waals surface area contributed by atoms with Crippen LogP contribution in [0.4, 0.5) is 5.69 Å². The number of rotatable bonds is 5. The highest BCUT2D eigenvalue weighted by Crippen LogP contribution is 2.42. The molecule has 0 saturated heterocycles. The number of benzene rings is 2. The molecule has 1 fully saturated rings. The van der Waals surface area contributed by atoms with Crippen molar-refractivity contribution in [3.05, 3.63) is 70.3 Å². The minimum absolute atomic E-state index is 0.168. The van der Waals surface area contributed by atoms with Crippen LogP contribution in [0.5, 0.6) is 5.75 Å². The third-order valence-corrected chi connectivity index (χ3v) is 11.7. The van der Waals surface area contributed by atoms with E-state index >= 15 is 0 Å². The second-order valence-corrected chi connectivity index (χ2v) is 14.9. The molecule has 1 saturated carbocycles. The first-order valence-electron chi connectivity index (χ1n) is 16.4. The second kappa shape index (κ2) is 15.7. The van der Waals surface area contributed by atoms with Gasteiger partial charge in [0.05, 0.1) is 37.2 Å². The first-order chi connectivity index (χ1) is 22.2. The van der Waals surface area contributed by atoms with Gasteiger partial charge >= 0.3 is 5.97 Å². The van der Waals surface area contributed by atoms with E-state index in [1.165, 1.54) is 7.11 Å². The maximum absolute atomic E-state index is 13.4. The fourth-order valence-electron chi connectivity index (χ4n) is 6.68. The lowest BCUT2D eigenvalue weighted by molar-refractivity contribution is -0.142. The Labute approximate surface area is 277 Å². The number of methoxy groups -OCH3 is 1. The summed E-state index contributed by atoms with van der Waals surface area (Å²) >= 11 is 6.33. The van der Waals surface area contributed by atoms with E-state index in [2.05, 4.69) is 9.62 Å². The summed E-state index contributed by atoms with van der Waals surface area (Å²) in [7, 11) is -2.55. The van der Waals surface area contributed by atoms with Crippen LogP contribution in [0.2, 0.25) is 5.02 Å². The van der Waals surface area contributed by atoms with Gasteiger partial charge in [0.15, 0.2) is 0 Å². The molecule has 9 nitrogen and oxygen atoms in total. The zero-order chi connectivity index (χ0) is 32.7. The van der Waals surface area contributed by atoms with Crippen LogP contribution in [-0.2, 0) is 37.3 Å². The Morgan fingerprint density at radius 3 is 2.72 bits per heavy atom. The highest BCUT2D eigenvalue weighted by molar-refractivity contribution is 7.90. The molecule has 0 radical (unpaired) electrons. The fourth-order valence-corrected chi connectivity index (χ4v) is 8.30. The van der Waals surface area contributed by atoms with Gasteiger partial charge in [0.1, 0.15) is 12.4 Å². The molecule has 2 aromatic rings. The minimum atomic E-state index is -3.92. The number of hydrogen-bond acceptors (Lipinski definition) is 8. The largest absolute Gasteiger partial charge is 0.487 e. The van der Waals surface area contributed by atoms with Crippen molar-refractivity contribution in [1.29, 1.82) is 0 Å². The lowest BCUT2D eigenvalue weighted by Crippen LogP contribution is -2.44. The highest BCUT2D eigenvalue weighted by atomic mass is 35.5. The maximum Gasteiger partial charge on any atom is 0.307 e. The van der Waals surface area contributed by atoms with Crippen molar-refractivity contribution in [1.82, 2.24) is 4.72 Å². The molecule has 1 N–H and O–H groups in total. The lowest BCUT2D eigenvalue weighted by Gasteiger charge is -2.44. The van der Waals surface area contributed by atoms with Crippen molar-refractivity contribution in [3.63, 3.8) is 0 Å². The Kier molecular flexibility index (Phi) is 11.7. The number of nitrogens with zero attached hydrogens (tertiary/aromatic N) is 1. The first kappa shape index (κ1) is 34.3. The van der Waals surface area contributed by atoms with Crippen LogP contribution in [0.25, 0.3) is 0 Å². The van der Waals surface area contributed by atoms with E-state index < -0.39 is 21.2 Å². The van der Waals surface area contributed by atoms with E-state index in [1.54, 1.807) is 18.2 Å². The van der Waals surface area contributed by atoms with E-state index in [0.29, 0.717) is 42.6 Å². The Balaban J connectivity index is 1.50. The molecule has 4 atom stereocenters. The fraction of sp³-hybridized carbons (Fsp3) is 0.543. The number of amides is 1. The van der Waals surface area contributed by atoms with Gasteiger partial charge < -0.3 is 19.1 Å². The number of hydrogen-bond donors (Lipinski definition) is 1. The van der Waals surface area contributed by atoms with Gasteiger partial charge in [-0.3, -0.25) is 9.59 Å². The molecule has 0 spiro atoms. The number of sulfonamides is 1. The second-order valence-electron chi connectivity index (χ2n) is 12.5. The maximum atomic E-state index is 13.4. The minimum Gasteiger partial charge on any atom is -0.487 e. The van der Waals surface area contributed by atoms with Gasteiger partial charge in [0.25, 0.3) is 5.91 Å². The third-order valence-electron chi connectivity index (χ3n) is 9.54. The van der Waals surface area contributed by atoms with Crippen molar-refractivity contribution in [3.8, 4) is 5.75 Å². The molecule has 0 unspecified atom stereocenters. The van der Waals surface area contributed by atoms with E-state index in [1.807, 2.05) is 37.3 Å². The van der Waals surface area contributed by atoms with Crippen LogP contribution in [0, 0.1) is 11.8 Å². The number of fused-ring (bicyclic) bond motifs is 3. The monoisotopic (exact) mass is 672 g/mol. The molecule has 5 rings (SSSR count). The number of carbonyl (C=O) groups is 2. The van der Waals surface area contributed by atoms with Gasteiger partial charge in [0.2, 0.25) is 10.0 Å². The van der Waals surface area contributed by atoms with Crippen LogP contribution < -0.4 is 14.4 Å². The van der Waals surface area contributed by atoms with Crippen LogP contribution >= 0.6 is 11.6 Å². The average molecular weight is 673 g/mol. The van der Waals surface area contributed by atoms with Gasteiger partial charge in [-0.25, -0.2) is 13.1 Å². The summed E-state index contributed by atoms with van der Waals surface area (Å²) in [6, 6.07) is 11.1. The van der Waals surface area contributed by atoms with Crippen LogP contribution in [0.15, 0.2) is 48.6 Å². The topological polar surface area (TPSA) is 111 Å². The molecule has 1 aliphatic carbocycles. The molecule has 3 aliphatic rings. The Morgan fingerprint density at radius 1 is 1.11 bits per heavy atom. The zero-order valence-electron chi connectivity index (χ0n) is 26.7. The third kappa shape index (κ3) is 8.44. The Hall–Kier alpha value is -3.08. The highest BCUT2D eigenvalue weighted by Gasteiger charge is 2.38. The predicted octanol–water partition coefficient (Wildman–Crippen LogP) is 6.22. The molecule has 2 aliphatic heterocycles. The van der Waals surface area contributed by atoms with Gasteiger partial charge in [-0.15, -0.1) is 0 Å². The Morgan fingerprint density at radius 2 is 1.96 bits per heavy atom. The quantitative estimate of drug-likeness (QED) is 0.294. The summed E-state index contributed by atoms with van der Waals surface area (Å²) in [5.74, 6) is 0.222. The molecule has 11 heteroatoms. The van der Waals surface area contributed by atoms with Crippen molar-refractivity contribution < 1.29 is 32.2 Å². The van der Waals surface area contributed by atoms with E-state index in [0.717, 1.165) is 62.0 Å². The van der Waals surface area contributed by atoms with E-state index in [-0.39, 0.29) is 36.6 Å². The summed E-state index contributed by atoms with van der Waals surface area (Å²) in [5.41, 5.74) is 3.27. The number of esters is 1. The van der Waals surface area contributed by atoms with E-state index in [4.69, 9.17) is 25.8 Å². The van der Waals surface area contributed by atoms with Gasteiger partial charge in [-0.1, -0.05) is 36.7 Å². The number of halogens is 1. The van der Waals surface area contributed by atoms with Gasteiger partial charge in [0, 0.05) is 23.7 Å². The van der Waals surface area contributed by atoms with Crippen LogP contribution in [0.1, 0.15) is 79.8 Å². The molecule has 2 heterocycles. The number of ether oxygens (including phenoxy) is 3. The number of carbonyl (C=O) groups excluding carboxylic acids is 2. The van der Waals surface area contributed by atoms with Crippen molar-refractivity contribution in [2.45, 2.75) is 82.7 Å². The normalized spacial score (nSPS) is 25.7. The van der Waals surface area contributed by atoms with Crippen molar-refractivity contribution >= 4 is 39.2 Å². The Bertz CT molecular complexity index is 1530. The SMILES string of the molecule is CC[C@@H]1CC/C=C/[C@H](OCCC(=O)OC)[C@@H]2CC[C@H]2CN2CCCCc3cc(Cl)ccc3COc3ccc(cc32)C(=O)NS1(=O)=O. The summed E-state index contributed by atoms with van der Waals surface area (Å²) in [6.07, 6.45) is 9.99. The number of allylic oxidation sites excluding steroid dienone is 1. The molecule has 2 bridgehead atoms.